The van der Waals surface area contributed by atoms with Crippen molar-refractivity contribution in [2.45, 2.75) is 12.8 Å². The van der Waals surface area contributed by atoms with Gasteiger partial charge in [-0.1, -0.05) is 24.4 Å². The van der Waals surface area contributed by atoms with Gasteiger partial charge in [0.2, 0.25) is 5.91 Å². The number of aryl methyl sites for hydroxylation is 1. The fraction of sp³-hybridized carbons (Fsp3) is 0.167. The molecule has 0 spiro atoms. The van der Waals surface area contributed by atoms with Crippen LogP contribution in [0.1, 0.15) is 15.9 Å². The summed E-state index contributed by atoms with van der Waals surface area (Å²) in [6, 6.07) is 8.92. The van der Waals surface area contributed by atoms with E-state index in [0.29, 0.717) is 0 Å². The van der Waals surface area contributed by atoms with E-state index < -0.39 is 18.0 Å². The summed E-state index contributed by atoms with van der Waals surface area (Å²) in [5.74, 6) is -1.30. The second-order valence-corrected chi connectivity index (χ2v) is 6.46. The highest BCUT2D eigenvalue weighted by Crippen LogP contribution is 2.31. The number of hydrogen-bond acceptors (Lipinski definition) is 4. The Kier molecular flexibility index (Phi) is 5.23. The Labute approximate surface area is 163 Å². The number of primary amides is 1. The Morgan fingerprint density at radius 1 is 1.32 bits per heavy atom. The maximum Gasteiger partial charge on any atom is 0.573 e. The van der Waals surface area contributed by atoms with Crippen LogP contribution >= 0.6 is 12.2 Å². The number of thiocarbonyl (C=S) groups is 1. The minimum absolute atomic E-state index is 0.0224. The van der Waals surface area contributed by atoms with Crippen molar-refractivity contribution in [2.24, 2.45) is 12.8 Å². The average Bonchev–Trinajstić information content (AvgIpc) is 2.97. The maximum atomic E-state index is 12.7. The molecular formula is C18H15F3N4O2S. The lowest BCUT2D eigenvalue weighted by atomic mass is 10.1. The number of carbonyl (C=O) groups excluding carboxylic acids is 1. The predicted octanol–water partition coefficient (Wildman–Crippen LogP) is 3.55. The van der Waals surface area contributed by atoms with Gasteiger partial charge in [0.15, 0.2) is 5.75 Å². The molecule has 28 heavy (non-hydrogen) atoms. The van der Waals surface area contributed by atoms with Crippen LogP contribution in [0.3, 0.4) is 0 Å². The molecule has 0 unspecified atom stereocenters. The van der Waals surface area contributed by atoms with E-state index in [0.717, 1.165) is 28.6 Å². The third kappa shape index (κ3) is 4.39. The highest BCUT2D eigenvalue weighted by atomic mass is 32.1. The van der Waals surface area contributed by atoms with Crippen molar-refractivity contribution >= 4 is 39.7 Å². The first-order valence-corrected chi connectivity index (χ1v) is 8.44. The van der Waals surface area contributed by atoms with Gasteiger partial charge >= 0.3 is 6.36 Å². The molecule has 1 amide bonds. The highest BCUT2D eigenvalue weighted by molar-refractivity contribution is 7.80. The Hall–Kier alpha value is -3.14. The van der Waals surface area contributed by atoms with Gasteiger partial charge in [-0.15, -0.1) is 13.2 Å². The molecule has 0 atom stereocenters. The minimum atomic E-state index is -4.90. The topological polar surface area (TPSA) is 82.2 Å². The predicted molar refractivity (Wildman–Crippen MR) is 102 cm³/mol. The van der Waals surface area contributed by atoms with Crippen LogP contribution < -0.4 is 15.8 Å². The summed E-state index contributed by atoms with van der Waals surface area (Å²) in [6.07, 6.45) is -2.95. The molecule has 6 nitrogen and oxygen atoms in total. The third-order valence-corrected chi connectivity index (χ3v) is 4.24. The lowest BCUT2D eigenvalue weighted by molar-refractivity contribution is -0.274. The van der Waals surface area contributed by atoms with Crippen LogP contribution in [0.15, 0.2) is 42.6 Å². The number of nitrogens with two attached hydrogens (primary N) is 1. The SMILES string of the molecule is Cn1ncc2c(CC(=S)Nc3cc(C(N)=O)ccc3OC(F)(F)F)cccc21. The summed E-state index contributed by atoms with van der Waals surface area (Å²) in [7, 11) is 1.80. The number of nitrogens with one attached hydrogen (secondary N) is 1. The molecular weight excluding hydrogens is 393 g/mol. The summed E-state index contributed by atoms with van der Waals surface area (Å²) in [5.41, 5.74) is 6.88. The van der Waals surface area contributed by atoms with Crippen LogP contribution in [0, 0.1) is 0 Å². The molecule has 3 N–H and O–H groups in total. The van der Waals surface area contributed by atoms with Gasteiger partial charge in [0.05, 0.1) is 22.4 Å². The molecule has 0 saturated carbocycles. The molecule has 0 aliphatic rings. The number of benzene rings is 2. The van der Waals surface area contributed by atoms with Gasteiger partial charge in [-0.25, -0.2) is 0 Å². The number of amides is 1. The van der Waals surface area contributed by atoms with E-state index in [1.165, 1.54) is 6.07 Å². The molecule has 0 aliphatic carbocycles. The van der Waals surface area contributed by atoms with E-state index in [1.807, 2.05) is 18.2 Å². The van der Waals surface area contributed by atoms with Crippen LogP contribution in [0.5, 0.6) is 5.75 Å². The number of alkyl halides is 3. The molecule has 3 rings (SSSR count). The van der Waals surface area contributed by atoms with Crippen molar-refractivity contribution in [1.29, 1.82) is 0 Å². The average molecular weight is 408 g/mol. The maximum absolute atomic E-state index is 12.7. The summed E-state index contributed by atoms with van der Waals surface area (Å²) >= 11 is 5.31. The number of halogens is 3. The summed E-state index contributed by atoms with van der Waals surface area (Å²) in [4.78, 5) is 11.6. The molecule has 10 heteroatoms. The lowest BCUT2D eigenvalue weighted by Gasteiger charge is -2.16. The Morgan fingerprint density at radius 3 is 2.75 bits per heavy atom. The van der Waals surface area contributed by atoms with Gasteiger partial charge < -0.3 is 15.8 Å². The molecule has 1 heterocycles. The number of anilines is 1. The number of rotatable bonds is 5. The van der Waals surface area contributed by atoms with E-state index in [2.05, 4.69) is 15.2 Å². The van der Waals surface area contributed by atoms with Crippen molar-refractivity contribution in [3.63, 3.8) is 0 Å². The molecule has 0 saturated heterocycles. The van der Waals surface area contributed by atoms with Gasteiger partial charge in [-0.05, 0) is 29.8 Å². The second kappa shape index (κ2) is 7.47. The van der Waals surface area contributed by atoms with Crippen LogP contribution in [0.25, 0.3) is 10.9 Å². The lowest BCUT2D eigenvalue weighted by Crippen LogP contribution is -2.20. The quantitative estimate of drug-likeness (QED) is 0.631. The largest absolute Gasteiger partial charge is 0.573 e. The number of hydrogen-bond donors (Lipinski definition) is 2. The number of ether oxygens (including phenoxy) is 1. The van der Waals surface area contributed by atoms with E-state index in [4.69, 9.17) is 18.0 Å². The zero-order chi connectivity index (χ0) is 20.5. The van der Waals surface area contributed by atoms with Gasteiger partial charge in [0, 0.05) is 24.4 Å². The highest BCUT2D eigenvalue weighted by Gasteiger charge is 2.32. The first-order chi connectivity index (χ1) is 13.1. The fourth-order valence-electron chi connectivity index (χ4n) is 2.75. The van der Waals surface area contributed by atoms with Crippen molar-refractivity contribution in [3.05, 3.63) is 53.7 Å². The van der Waals surface area contributed by atoms with Crippen LogP contribution in [-0.4, -0.2) is 27.0 Å². The van der Waals surface area contributed by atoms with E-state index in [9.17, 15) is 18.0 Å². The molecule has 146 valence electrons. The summed E-state index contributed by atoms with van der Waals surface area (Å²) in [6.45, 7) is 0. The standard InChI is InChI=1S/C18H15F3N4O2S/c1-25-14-4-2-3-10(12(14)9-23-25)8-16(28)24-13-7-11(17(22)26)5-6-15(13)27-18(19,20)21/h2-7,9H,8H2,1H3,(H2,22,26)(H,24,28). The number of carbonyl (C=O) groups is 1. The van der Waals surface area contributed by atoms with Crippen molar-refractivity contribution in [3.8, 4) is 5.75 Å². The Bertz CT molecular complexity index is 1060. The van der Waals surface area contributed by atoms with E-state index in [1.54, 1.807) is 17.9 Å². The molecule has 0 bridgehead atoms. The Balaban J connectivity index is 1.87. The monoisotopic (exact) mass is 408 g/mol. The number of fused-ring (bicyclic) bond motifs is 1. The van der Waals surface area contributed by atoms with Crippen molar-refractivity contribution in [2.75, 3.05) is 5.32 Å². The van der Waals surface area contributed by atoms with Crippen molar-refractivity contribution < 1.29 is 22.7 Å². The second-order valence-electron chi connectivity index (χ2n) is 5.97. The molecule has 0 fully saturated rings. The zero-order valence-electron chi connectivity index (χ0n) is 14.6. The van der Waals surface area contributed by atoms with Crippen LogP contribution in [-0.2, 0) is 13.5 Å². The first kappa shape index (κ1) is 19.6. The molecule has 2 aromatic carbocycles. The molecule has 0 radical (unpaired) electrons. The molecule has 3 aromatic rings. The Morgan fingerprint density at radius 2 is 2.07 bits per heavy atom. The van der Waals surface area contributed by atoms with Crippen LogP contribution in [0.2, 0.25) is 0 Å². The smallest absolute Gasteiger partial charge is 0.404 e. The zero-order valence-corrected chi connectivity index (χ0v) is 15.4. The normalized spacial score (nSPS) is 11.4. The van der Waals surface area contributed by atoms with Gasteiger partial charge in [0.25, 0.3) is 0 Å². The van der Waals surface area contributed by atoms with Crippen molar-refractivity contribution in [1.82, 2.24) is 9.78 Å². The number of aromatic nitrogens is 2. The van der Waals surface area contributed by atoms with E-state index in [-0.39, 0.29) is 22.7 Å². The third-order valence-electron chi connectivity index (χ3n) is 4.00. The first-order valence-electron chi connectivity index (χ1n) is 8.03. The fourth-order valence-corrected chi connectivity index (χ4v) is 3.02. The van der Waals surface area contributed by atoms with Gasteiger partial charge in [0.1, 0.15) is 0 Å². The minimum Gasteiger partial charge on any atom is -0.404 e. The van der Waals surface area contributed by atoms with Gasteiger partial charge in [-0.3, -0.25) is 9.48 Å². The molecule has 0 aliphatic heterocycles. The van der Waals surface area contributed by atoms with E-state index >= 15 is 0 Å². The number of nitrogens with zero attached hydrogens (tertiary/aromatic N) is 2. The van der Waals surface area contributed by atoms with Crippen LogP contribution in [0.4, 0.5) is 18.9 Å². The summed E-state index contributed by atoms with van der Waals surface area (Å²) < 4.78 is 43.7. The van der Waals surface area contributed by atoms with Gasteiger partial charge in [-0.2, -0.15) is 5.10 Å². The molecule has 1 aromatic heterocycles. The summed E-state index contributed by atoms with van der Waals surface area (Å²) in [5, 5.41) is 7.79.